The molecule has 6 heteroatoms. The van der Waals surface area contributed by atoms with E-state index in [9.17, 15) is 9.90 Å². The molecule has 0 unspecified atom stereocenters. The fourth-order valence-electron chi connectivity index (χ4n) is 3.82. The Labute approximate surface area is 158 Å². The lowest BCUT2D eigenvalue weighted by Crippen LogP contribution is -2.34. The van der Waals surface area contributed by atoms with Gasteiger partial charge < -0.3 is 5.11 Å². The van der Waals surface area contributed by atoms with Crippen LogP contribution in [0.15, 0.2) is 59.4 Å². The molecule has 1 aromatic heterocycles. The van der Waals surface area contributed by atoms with Gasteiger partial charge in [0.2, 0.25) is 0 Å². The number of nitrogens with one attached hydrogen (secondary N) is 1. The zero-order chi connectivity index (χ0) is 18.6. The molecule has 0 bridgehead atoms. The van der Waals surface area contributed by atoms with Gasteiger partial charge in [0.25, 0.3) is 0 Å². The predicted octanol–water partition coefficient (Wildman–Crippen LogP) is 2.70. The molecule has 0 radical (unpaired) electrons. The summed E-state index contributed by atoms with van der Waals surface area (Å²) in [6.07, 6.45) is 1.94. The average Bonchev–Trinajstić information content (AvgIpc) is 3.04. The van der Waals surface area contributed by atoms with Crippen LogP contribution < -0.4 is 5.69 Å². The minimum Gasteiger partial charge on any atom is -0.508 e. The lowest BCUT2D eigenvalue weighted by atomic mass is 9.95. The molecule has 1 fully saturated rings. The first-order valence-electron chi connectivity index (χ1n) is 9.38. The Hall–Kier alpha value is -2.86. The molecule has 3 aromatic rings. The lowest BCUT2D eigenvalue weighted by Gasteiger charge is -2.31. The van der Waals surface area contributed by atoms with Crippen molar-refractivity contribution in [2.75, 3.05) is 13.1 Å². The Morgan fingerprint density at radius 3 is 2.48 bits per heavy atom. The summed E-state index contributed by atoms with van der Waals surface area (Å²) < 4.78 is 1.77. The number of phenolic OH excluding ortho intramolecular Hbond substituents is 1. The SMILES string of the molecule is O=c1[nH]nc(C2CCN(Cc3cccc(O)c3)CC2)n1Cc1ccccc1. The lowest BCUT2D eigenvalue weighted by molar-refractivity contribution is 0.200. The van der Waals surface area contributed by atoms with Gasteiger partial charge in [-0.25, -0.2) is 9.89 Å². The van der Waals surface area contributed by atoms with Crippen LogP contribution in [0.3, 0.4) is 0 Å². The van der Waals surface area contributed by atoms with Crippen LogP contribution in [0.5, 0.6) is 5.75 Å². The van der Waals surface area contributed by atoms with E-state index in [4.69, 9.17) is 0 Å². The smallest absolute Gasteiger partial charge is 0.343 e. The Kier molecular flexibility index (Phi) is 5.07. The Bertz CT molecular complexity index is 940. The first kappa shape index (κ1) is 17.5. The van der Waals surface area contributed by atoms with Gasteiger partial charge in [-0.15, -0.1) is 0 Å². The van der Waals surface area contributed by atoms with E-state index in [2.05, 4.69) is 15.1 Å². The van der Waals surface area contributed by atoms with Gasteiger partial charge in [-0.1, -0.05) is 42.5 Å². The molecule has 0 atom stereocenters. The van der Waals surface area contributed by atoms with E-state index in [0.717, 1.165) is 49.4 Å². The van der Waals surface area contributed by atoms with Crippen LogP contribution in [0.2, 0.25) is 0 Å². The van der Waals surface area contributed by atoms with Crippen LogP contribution >= 0.6 is 0 Å². The molecule has 0 spiro atoms. The molecule has 1 aliphatic heterocycles. The van der Waals surface area contributed by atoms with E-state index >= 15 is 0 Å². The van der Waals surface area contributed by atoms with Gasteiger partial charge in [0, 0.05) is 12.5 Å². The summed E-state index contributed by atoms with van der Waals surface area (Å²) in [7, 11) is 0. The molecular formula is C21H24N4O2. The van der Waals surface area contributed by atoms with E-state index < -0.39 is 0 Å². The number of piperidine rings is 1. The molecule has 2 heterocycles. The van der Waals surface area contributed by atoms with Gasteiger partial charge in [-0.05, 0) is 49.2 Å². The third-order valence-corrected chi connectivity index (χ3v) is 5.24. The second kappa shape index (κ2) is 7.80. The monoisotopic (exact) mass is 364 g/mol. The molecule has 0 amide bonds. The molecule has 1 aliphatic rings. The number of nitrogens with zero attached hydrogens (tertiary/aromatic N) is 3. The Balaban J connectivity index is 1.42. The number of likely N-dealkylation sites (tertiary alicyclic amines) is 1. The van der Waals surface area contributed by atoms with Gasteiger partial charge >= 0.3 is 5.69 Å². The number of rotatable bonds is 5. The van der Waals surface area contributed by atoms with Crippen molar-refractivity contribution in [1.82, 2.24) is 19.7 Å². The summed E-state index contributed by atoms with van der Waals surface area (Å²) in [5, 5.41) is 16.6. The number of hydrogen-bond acceptors (Lipinski definition) is 4. The van der Waals surface area contributed by atoms with Crippen molar-refractivity contribution < 1.29 is 5.11 Å². The minimum atomic E-state index is -0.143. The van der Waals surface area contributed by atoms with Crippen LogP contribution in [0, 0.1) is 0 Å². The van der Waals surface area contributed by atoms with Crippen LogP contribution in [-0.4, -0.2) is 37.9 Å². The second-order valence-electron chi connectivity index (χ2n) is 7.18. The van der Waals surface area contributed by atoms with Gasteiger partial charge in [0.15, 0.2) is 0 Å². The van der Waals surface area contributed by atoms with Crippen LogP contribution in [-0.2, 0) is 13.1 Å². The Morgan fingerprint density at radius 2 is 1.74 bits per heavy atom. The molecule has 2 aromatic carbocycles. The topological polar surface area (TPSA) is 74.2 Å². The van der Waals surface area contributed by atoms with Crippen molar-refractivity contribution in [3.8, 4) is 5.75 Å². The number of phenols is 1. The van der Waals surface area contributed by atoms with Gasteiger partial charge in [-0.2, -0.15) is 5.10 Å². The molecule has 0 saturated carbocycles. The molecule has 1 saturated heterocycles. The molecular weight excluding hydrogens is 340 g/mol. The first-order valence-corrected chi connectivity index (χ1v) is 9.38. The Morgan fingerprint density at radius 1 is 1.00 bits per heavy atom. The number of aromatic nitrogens is 3. The van der Waals surface area contributed by atoms with Gasteiger partial charge in [0.1, 0.15) is 11.6 Å². The van der Waals surface area contributed by atoms with Gasteiger partial charge in [0.05, 0.1) is 6.54 Å². The van der Waals surface area contributed by atoms with Crippen molar-refractivity contribution in [3.63, 3.8) is 0 Å². The van der Waals surface area contributed by atoms with Crippen molar-refractivity contribution in [3.05, 3.63) is 82.0 Å². The zero-order valence-electron chi connectivity index (χ0n) is 15.2. The summed E-state index contributed by atoms with van der Waals surface area (Å²) in [6.45, 7) is 3.28. The number of aromatic amines is 1. The third kappa shape index (κ3) is 4.11. The fraction of sp³-hybridized carbons (Fsp3) is 0.333. The number of aromatic hydroxyl groups is 1. The summed E-state index contributed by atoms with van der Waals surface area (Å²) in [5.41, 5.74) is 2.08. The highest BCUT2D eigenvalue weighted by Crippen LogP contribution is 2.27. The fourth-order valence-corrected chi connectivity index (χ4v) is 3.82. The van der Waals surface area contributed by atoms with Crippen molar-refractivity contribution in [2.24, 2.45) is 0 Å². The molecule has 27 heavy (non-hydrogen) atoms. The van der Waals surface area contributed by atoms with E-state index in [1.807, 2.05) is 48.5 Å². The summed E-state index contributed by atoms with van der Waals surface area (Å²) >= 11 is 0. The van der Waals surface area contributed by atoms with E-state index in [1.54, 1.807) is 10.6 Å². The molecule has 4 rings (SSSR count). The maximum absolute atomic E-state index is 12.2. The zero-order valence-corrected chi connectivity index (χ0v) is 15.2. The molecule has 140 valence electrons. The highest BCUT2D eigenvalue weighted by molar-refractivity contribution is 5.27. The maximum Gasteiger partial charge on any atom is 0.343 e. The first-order chi connectivity index (χ1) is 13.2. The largest absolute Gasteiger partial charge is 0.508 e. The highest BCUT2D eigenvalue weighted by Gasteiger charge is 2.25. The van der Waals surface area contributed by atoms with E-state index in [1.165, 1.54) is 0 Å². The maximum atomic E-state index is 12.2. The predicted molar refractivity (Wildman–Crippen MR) is 104 cm³/mol. The minimum absolute atomic E-state index is 0.143. The summed E-state index contributed by atoms with van der Waals surface area (Å²) in [6, 6.07) is 17.4. The number of benzene rings is 2. The third-order valence-electron chi connectivity index (χ3n) is 5.24. The second-order valence-corrected chi connectivity index (χ2v) is 7.18. The van der Waals surface area contributed by atoms with E-state index in [-0.39, 0.29) is 11.6 Å². The number of hydrogen-bond donors (Lipinski definition) is 2. The van der Waals surface area contributed by atoms with E-state index in [0.29, 0.717) is 12.3 Å². The summed E-state index contributed by atoms with van der Waals surface area (Å²) in [4.78, 5) is 14.6. The van der Waals surface area contributed by atoms with Crippen molar-refractivity contribution >= 4 is 0 Å². The van der Waals surface area contributed by atoms with Crippen LogP contribution in [0.1, 0.15) is 35.7 Å². The average molecular weight is 364 g/mol. The summed E-state index contributed by atoms with van der Waals surface area (Å²) in [5.74, 6) is 1.46. The van der Waals surface area contributed by atoms with Crippen molar-refractivity contribution in [1.29, 1.82) is 0 Å². The van der Waals surface area contributed by atoms with Crippen molar-refractivity contribution in [2.45, 2.75) is 31.8 Å². The van der Waals surface area contributed by atoms with Gasteiger partial charge in [-0.3, -0.25) is 9.47 Å². The quantitative estimate of drug-likeness (QED) is 0.730. The highest BCUT2D eigenvalue weighted by atomic mass is 16.3. The molecule has 0 aliphatic carbocycles. The molecule has 6 nitrogen and oxygen atoms in total. The number of H-pyrrole nitrogens is 1. The molecule has 2 N–H and O–H groups in total. The standard InChI is InChI=1S/C21H24N4O2/c26-19-8-4-7-17(13-19)14-24-11-9-18(10-12-24)20-22-23-21(27)25(20)15-16-5-2-1-3-6-16/h1-8,13,18,26H,9-12,14-15H2,(H,23,27). The van der Waals surface area contributed by atoms with Crippen LogP contribution in [0.25, 0.3) is 0 Å². The normalized spacial score (nSPS) is 15.9. The van der Waals surface area contributed by atoms with Crippen LogP contribution in [0.4, 0.5) is 0 Å².